The maximum atomic E-state index is 11.6. The number of carbonyl (C=O) groups excluding carboxylic acids is 2. The summed E-state index contributed by atoms with van der Waals surface area (Å²) >= 11 is 0. The van der Waals surface area contributed by atoms with Crippen LogP contribution in [-0.2, 0) is 14.3 Å². The highest BCUT2D eigenvalue weighted by Gasteiger charge is 2.02. The molecule has 0 aromatic rings. The van der Waals surface area contributed by atoms with Gasteiger partial charge >= 0.3 is 5.97 Å². The van der Waals surface area contributed by atoms with Gasteiger partial charge in [-0.2, -0.15) is 0 Å². The lowest BCUT2D eigenvalue weighted by molar-refractivity contribution is -0.140. The maximum absolute atomic E-state index is 11.6. The fourth-order valence-corrected chi connectivity index (χ4v) is 3.61. The molecule has 8 heteroatoms. The van der Waals surface area contributed by atoms with Gasteiger partial charge in [0, 0.05) is 33.5 Å². The highest BCUT2D eigenvalue weighted by Crippen LogP contribution is 2.10. The first-order valence-corrected chi connectivity index (χ1v) is 15.9. The number of hydrogen-bond acceptors (Lipinski definition) is 8. The first kappa shape index (κ1) is 50.1. The van der Waals surface area contributed by atoms with Gasteiger partial charge in [-0.1, -0.05) is 50.7 Å². The van der Waals surface area contributed by atoms with Crippen molar-refractivity contribution in [1.29, 1.82) is 0 Å². The van der Waals surface area contributed by atoms with Gasteiger partial charge in [0.25, 0.3) is 0 Å². The number of carbonyl (C=O) groups is 2. The molecule has 0 aromatic heterocycles. The number of Topliss-reactive ketones (excluding diaryl/α,β-unsaturated/α-hetero) is 1. The van der Waals surface area contributed by atoms with Gasteiger partial charge < -0.3 is 30.5 Å². The molecule has 0 atom stereocenters. The highest BCUT2D eigenvalue weighted by atomic mass is 16.5. The minimum atomic E-state index is -0.0916. The Hall–Kier alpha value is -1.58. The van der Waals surface area contributed by atoms with Crippen LogP contribution in [0.2, 0.25) is 0 Å². The molecule has 0 unspecified atom stereocenters. The van der Waals surface area contributed by atoms with Gasteiger partial charge in [0.15, 0.2) is 0 Å². The number of hydrogen-bond donors (Lipinski definition) is 3. The van der Waals surface area contributed by atoms with Gasteiger partial charge in [-0.3, -0.25) is 9.59 Å². The zero-order chi connectivity index (χ0) is 33.3. The second kappa shape index (κ2) is 49.1. The smallest absolute Gasteiger partial charge is 0.305 e. The third-order valence-corrected chi connectivity index (χ3v) is 6.00. The Morgan fingerprint density at radius 3 is 1.33 bits per heavy atom. The van der Waals surface area contributed by atoms with Crippen molar-refractivity contribution in [2.45, 2.75) is 116 Å². The molecule has 0 saturated heterocycles. The minimum absolute atomic E-state index is 0.0916. The molecule has 0 heterocycles. The molecule has 0 aliphatic heterocycles. The summed E-state index contributed by atoms with van der Waals surface area (Å²) in [6, 6.07) is 0. The Kier molecular flexibility index (Phi) is 58.5. The van der Waals surface area contributed by atoms with E-state index in [1.807, 2.05) is 12.2 Å². The minimum Gasteiger partial charge on any atom is -0.469 e. The number of nitrogens with two attached hydrogens (primary N) is 1. The van der Waals surface area contributed by atoms with Gasteiger partial charge in [0.2, 0.25) is 0 Å². The Balaban J connectivity index is -0.000000166. The van der Waals surface area contributed by atoms with Crippen LogP contribution in [-0.4, -0.2) is 101 Å². The molecule has 0 saturated carbocycles. The van der Waals surface area contributed by atoms with Gasteiger partial charge in [-0.05, 0) is 106 Å². The van der Waals surface area contributed by atoms with E-state index in [1.165, 1.54) is 52.1 Å². The van der Waals surface area contributed by atoms with Crippen molar-refractivity contribution in [3.63, 3.8) is 0 Å². The van der Waals surface area contributed by atoms with Crippen LogP contribution >= 0.6 is 0 Å². The third kappa shape index (κ3) is 62.2. The molecule has 0 spiro atoms. The van der Waals surface area contributed by atoms with Crippen molar-refractivity contribution in [2.24, 2.45) is 5.73 Å². The number of nitrogens with zero attached hydrogens (tertiary/aromatic N) is 2. The number of aliphatic hydroxyl groups excluding tert-OH is 2. The Morgan fingerprint density at radius 1 is 0.619 bits per heavy atom. The number of rotatable bonds is 24. The molecule has 0 amide bonds. The fourth-order valence-electron chi connectivity index (χ4n) is 3.61. The second-order valence-electron chi connectivity index (χ2n) is 10.5. The van der Waals surface area contributed by atoms with E-state index in [4.69, 9.17) is 15.9 Å². The SMILES string of the molecule is C=CCCCCCCCC(=O)CCCCN(C)C.C=CCCCCCCCC(=O)OC.CN(C)CCCN.CO.CO. The molecule has 0 rings (SSSR count). The van der Waals surface area contributed by atoms with Gasteiger partial charge in [-0.15, -0.1) is 13.2 Å². The molecule has 8 nitrogen and oxygen atoms in total. The van der Waals surface area contributed by atoms with E-state index in [2.05, 4.69) is 55.9 Å². The average Bonchev–Trinajstić information content (AvgIpc) is 2.99. The van der Waals surface area contributed by atoms with E-state index in [0.717, 1.165) is 98.1 Å². The van der Waals surface area contributed by atoms with Gasteiger partial charge in [-0.25, -0.2) is 0 Å². The largest absolute Gasteiger partial charge is 0.469 e. The quantitative estimate of drug-likeness (QED) is 0.0660. The van der Waals surface area contributed by atoms with Crippen LogP contribution in [0, 0.1) is 0 Å². The number of ether oxygens (including phenoxy) is 1. The van der Waals surface area contributed by atoms with E-state index >= 15 is 0 Å². The summed E-state index contributed by atoms with van der Waals surface area (Å²) in [5.74, 6) is 0.367. The number of methoxy groups -OCH3 is 1. The van der Waals surface area contributed by atoms with Crippen molar-refractivity contribution in [3.05, 3.63) is 25.3 Å². The Bertz CT molecular complexity index is 529. The van der Waals surface area contributed by atoms with E-state index in [9.17, 15) is 9.59 Å². The van der Waals surface area contributed by atoms with E-state index in [-0.39, 0.29) is 5.97 Å². The van der Waals surface area contributed by atoms with Crippen molar-refractivity contribution in [3.8, 4) is 0 Å². The number of unbranched alkanes of at least 4 members (excludes halogenated alkanes) is 11. The standard InChI is InChI=1S/C16H31NO.C11H20O2.C5H14N2.2CH4O/c1-4-5-6-7-8-9-10-13-16(18)14-11-12-15-17(2)3;1-3-4-5-6-7-8-9-10-11(12)13-2;1-7(2)5-3-4-6;2*1-2/h4H,1,5-15H2,2-3H3;3H,1,4-10H2,2H3;3-6H2,1-2H3;2*2H,1H3. The predicted molar refractivity (Wildman–Crippen MR) is 183 cm³/mol. The maximum Gasteiger partial charge on any atom is 0.305 e. The zero-order valence-corrected chi connectivity index (χ0v) is 29.0. The topological polar surface area (TPSA) is 116 Å². The summed E-state index contributed by atoms with van der Waals surface area (Å²) in [6.45, 7) is 10.4. The van der Waals surface area contributed by atoms with Crippen molar-refractivity contribution in [1.82, 2.24) is 9.80 Å². The molecule has 4 N–H and O–H groups in total. The number of allylic oxidation sites excluding steroid dienone is 2. The van der Waals surface area contributed by atoms with Crippen LogP contribution in [0.5, 0.6) is 0 Å². The van der Waals surface area contributed by atoms with Gasteiger partial charge in [0.05, 0.1) is 7.11 Å². The predicted octanol–water partition coefficient (Wildman–Crippen LogP) is 6.39. The number of aliphatic hydroxyl groups is 2. The molecule has 0 aliphatic carbocycles. The lowest BCUT2D eigenvalue weighted by atomic mass is 10.0. The van der Waals surface area contributed by atoms with Crippen LogP contribution < -0.4 is 5.73 Å². The van der Waals surface area contributed by atoms with Crippen molar-refractivity contribution >= 4 is 11.8 Å². The van der Waals surface area contributed by atoms with Crippen molar-refractivity contribution < 1.29 is 24.5 Å². The van der Waals surface area contributed by atoms with Crippen LogP contribution in [0.25, 0.3) is 0 Å². The molecule has 0 radical (unpaired) electrons. The summed E-state index contributed by atoms with van der Waals surface area (Å²) in [5.41, 5.74) is 5.25. The van der Waals surface area contributed by atoms with Crippen LogP contribution in [0.1, 0.15) is 116 Å². The van der Waals surface area contributed by atoms with Gasteiger partial charge in [0.1, 0.15) is 5.78 Å². The average molecular weight is 604 g/mol. The Morgan fingerprint density at radius 2 is 0.976 bits per heavy atom. The molecular formula is C34H73N3O5. The molecular weight excluding hydrogens is 530 g/mol. The van der Waals surface area contributed by atoms with Crippen LogP contribution in [0.3, 0.4) is 0 Å². The molecule has 0 aromatic carbocycles. The highest BCUT2D eigenvalue weighted by molar-refractivity contribution is 5.78. The number of esters is 1. The molecule has 0 fully saturated rings. The molecule has 42 heavy (non-hydrogen) atoms. The van der Waals surface area contributed by atoms with Crippen LogP contribution in [0.15, 0.2) is 25.3 Å². The lowest BCUT2D eigenvalue weighted by Gasteiger charge is -2.08. The van der Waals surface area contributed by atoms with E-state index < -0.39 is 0 Å². The molecule has 254 valence electrons. The monoisotopic (exact) mass is 604 g/mol. The van der Waals surface area contributed by atoms with Crippen LogP contribution in [0.4, 0.5) is 0 Å². The summed E-state index contributed by atoms with van der Waals surface area (Å²) in [4.78, 5) is 26.6. The zero-order valence-electron chi connectivity index (χ0n) is 29.0. The first-order chi connectivity index (χ1) is 20.2. The Labute approximate surface area is 261 Å². The van der Waals surface area contributed by atoms with E-state index in [1.54, 1.807) is 0 Å². The lowest BCUT2D eigenvalue weighted by Crippen LogP contribution is -2.16. The molecule has 0 bridgehead atoms. The summed E-state index contributed by atoms with van der Waals surface area (Å²) in [6.07, 6.45) is 23.5. The van der Waals surface area contributed by atoms with E-state index in [0.29, 0.717) is 12.2 Å². The molecule has 0 aliphatic rings. The third-order valence-electron chi connectivity index (χ3n) is 6.00. The normalized spacial score (nSPS) is 9.62. The van der Waals surface area contributed by atoms with Crippen molar-refractivity contribution in [2.75, 3.05) is 69.2 Å². The first-order valence-electron chi connectivity index (χ1n) is 15.9. The summed E-state index contributed by atoms with van der Waals surface area (Å²) in [7, 11) is 11.7. The second-order valence-corrected chi connectivity index (χ2v) is 10.5. The summed E-state index contributed by atoms with van der Waals surface area (Å²) < 4.78 is 4.54. The fraction of sp³-hybridized carbons (Fsp3) is 0.824. The number of ketones is 1. The summed E-state index contributed by atoms with van der Waals surface area (Å²) in [5, 5.41) is 14.0.